The second-order valence-electron chi connectivity index (χ2n) is 5.80. The Labute approximate surface area is 142 Å². The Morgan fingerprint density at radius 3 is 2.40 bits per heavy atom. The summed E-state index contributed by atoms with van der Waals surface area (Å²) >= 11 is 0. The molecule has 1 aromatic carbocycles. The number of nitrogens with one attached hydrogen (secondary N) is 4. The van der Waals surface area contributed by atoms with Gasteiger partial charge in [0.05, 0.1) is 6.54 Å². The molecule has 1 aliphatic heterocycles. The van der Waals surface area contributed by atoms with Crippen molar-refractivity contribution in [1.82, 2.24) is 16.0 Å². The van der Waals surface area contributed by atoms with E-state index in [1.165, 1.54) is 0 Å². The first-order valence-electron chi connectivity index (χ1n) is 7.38. The minimum absolute atomic E-state index is 0.311. The molecule has 0 radical (unpaired) electrons. The molecule has 2 unspecified atom stereocenters. The fraction of sp³-hybridized carbons (Fsp3) is 0.333. The van der Waals surface area contributed by atoms with Crippen molar-refractivity contribution >= 4 is 29.6 Å². The van der Waals surface area contributed by atoms with E-state index >= 15 is 0 Å². The number of benzene rings is 1. The molecule has 1 aromatic rings. The molecule has 10 nitrogen and oxygen atoms in total. The summed E-state index contributed by atoms with van der Waals surface area (Å²) in [7, 11) is 0. The number of hydrogen-bond acceptors (Lipinski definition) is 5. The first kappa shape index (κ1) is 18.2. The van der Waals surface area contributed by atoms with Crippen LogP contribution in [-0.2, 0) is 16.0 Å². The van der Waals surface area contributed by atoms with Gasteiger partial charge in [-0.3, -0.25) is 10.1 Å². The minimum Gasteiger partial charge on any atom is -0.479 e. The lowest BCUT2D eigenvalue weighted by atomic mass is 10.1. The van der Waals surface area contributed by atoms with E-state index in [1.54, 1.807) is 24.3 Å². The highest BCUT2D eigenvalue weighted by atomic mass is 16.4. The van der Waals surface area contributed by atoms with Gasteiger partial charge in [0.2, 0.25) is 0 Å². The third-order valence-electron chi connectivity index (χ3n) is 3.56. The molecule has 2 rings (SSSR count). The average Bonchev–Trinajstić information content (AvgIpc) is 2.85. The van der Waals surface area contributed by atoms with Crippen LogP contribution in [0, 0.1) is 0 Å². The molecule has 2 atom stereocenters. The molecular weight excluding hydrogens is 332 g/mol. The van der Waals surface area contributed by atoms with Crippen LogP contribution in [0.4, 0.5) is 15.3 Å². The normalized spacial score (nSPS) is 18.7. The summed E-state index contributed by atoms with van der Waals surface area (Å²) in [6, 6.07) is 4.73. The fourth-order valence-electron chi connectivity index (χ4n) is 2.07. The van der Waals surface area contributed by atoms with Crippen molar-refractivity contribution in [3.05, 3.63) is 29.8 Å². The first-order chi connectivity index (χ1) is 11.7. The van der Waals surface area contributed by atoms with Gasteiger partial charge in [0.25, 0.3) is 5.91 Å². The average molecular weight is 350 g/mol. The number of carbonyl (C=O) groups excluding carboxylic acids is 3. The number of rotatable bonds is 6. The third-order valence-corrected chi connectivity index (χ3v) is 3.56. The van der Waals surface area contributed by atoms with Crippen LogP contribution in [0.15, 0.2) is 24.3 Å². The number of urea groups is 2. The molecule has 0 aromatic heterocycles. The lowest BCUT2D eigenvalue weighted by Gasteiger charge is -2.18. The summed E-state index contributed by atoms with van der Waals surface area (Å²) in [5, 5.41) is 27.6. The zero-order valence-electron chi connectivity index (χ0n) is 13.3. The van der Waals surface area contributed by atoms with Gasteiger partial charge in [-0.1, -0.05) is 12.1 Å². The van der Waals surface area contributed by atoms with Crippen LogP contribution in [0.1, 0.15) is 12.5 Å². The van der Waals surface area contributed by atoms with Gasteiger partial charge in [0.15, 0.2) is 5.60 Å². The van der Waals surface area contributed by atoms with Crippen molar-refractivity contribution in [2.24, 2.45) is 0 Å². The zero-order chi connectivity index (χ0) is 18.6. The molecule has 1 heterocycles. The van der Waals surface area contributed by atoms with Crippen LogP contribution in [-0.4, -0.2) is 52.3 Å². The molecule has 5 amide bonds. The lowest BCUT2D eigenvalue weighted by molar-refractivity contribution is -0.155. The van der Waals surface area contributed by atoms with Crippen molar-refractivity contribution in [3.63, 3.8) is 0 Å². The summed E-state index contributed by atoms with van der Waals surface area (Å²) in [4.78, 5) is 45.0. The predicted molar refractivity (Wildman–Crippen MR) is 85.9 cm³/mol. The predicted octanol–water partition coefficient (Wildman–Crippen LogP) is -0.606. The number of carbonyl (C=O) groups is 4. The van der Waals surface area contributed by atoms with Crippen molar-refractivity contribution < 1.29 is 29.4 Å². The highest BCUT2D eigenvalue weighted by molar-refractivity contribution is 6.04. The van der Waals surface area contributed by atoms with Crippen molar-refractivity contribution in [3.8, 4) is 0 Å². The maximum absolute atomic E-state index is 11.7. The van der Waals surface area contributed by atoms with Gasteiger partial charge in [0.1, 0.15) is 6.04 Å². The number of aliphatic carboxylic acids is 1. The van der Waals surface area contributed by atoms with Gasteiger partial charge >= 0.3 is 18.0 Å². The van der Waals surface area contributed by atoms with Gasteiger partial charge in [0, 0.05) is 12.1 Å². The largest absolute Gasteiger partial charge is 0.479 e. The molecule has 1 aliphatic rings. The van der Waals surface area contributed by atoms with E-state index in [-0.39, 0.29) is 0 Å². The SMILES string of the molecule is CC(O)(CNC(=O)Nc1ccc(CC2NC(=O)NC2=O)cc1)C(=O)O. The standard InChI is InChI=1S/C15H18N4O6/c1-15(25,12(21)22)7-16-13(23)17-9-4-2-8(3-5-9)6-10-11(20)19-14(24)18-10/h2-5,10,25H,6-7H2,1H3,(H,21,22)(H2,16,17,23)(H2,18,19,20,24). The number of amides is 5. The topological polar surface area (TPSA) is 157 Å². The smallest absolute Gasteiger partial charge is 0.337 e. The molecule has 6 N–H and O–H groups in total. The summed E-state index contributed by atoms with van der Waals surface area (Å²) in [5.74, 6) is -1.84. The fourth-order valence-corrected chi connectivity index (χ4v) is 2.07. The summed E-state index contributed by atoms with van der Waals surface area (Å²) in [6.07, 6.45) is 0.311. The van der Waals surface area contributed by atoms with E-state index in [4.69, 9.17) is 5.11 Å². The molecule has 0 spiro atoms. The van der Waals surface area contributed by atoms with E-state index in [2.05, 4.69) is 21.3 Å². The number of imide groups is 1. The van der Waals surface area contributed by atoms with Crippen LogP contribution in [0.5, 0.6) is 0 Å². The molecule has 0 aliphatic carbocycles. The molecule has 25 heavy (non-hydrogen) atoms. The number of carboxylic acid groups (broad SMARTS) is 1. The van der Waals surface area contributed by atoms with Crippen LogP contribution in [0.25, 0.3) is 0 Å². The van der Waals surface area contributed by atoms with Crippen LogP contribution < -0.4 is 21.3 Å². The Bertz CT molecular complexity index is 700. The second-order valence-corrected chi connectivity index (χ2v) is 5.80. The summed E-state index contributed by atoms with van der Waals surface area (Å²) in [6.45, 7) is 0.616. The highest BCUT2D eigenvalue weighted by Crippen LogP contribution is 2.12. The van der Waals surface area contributed by atoms with Crippen molar-refractivity contribution in [2.75, 3.05) is 11.9 Å². The van der Waals surface area contributed by atoms with Gasteiger partial charge in [-0.25, -0.2) is 14.4 Å². The van der Waals surface area contributed by atoms with Gasteiger partial charge in [-0.2, -0.15) is 0 Å². The number of anilines is 1. The Morgan fingerprint density at radius 2 is 1.88 bits per heavy atom. The maximum Gasteiger partial charge on any atom is 0.337 e. The molecule has 10 heteroatoms. The summed E-state index contributed by atoms with van der Waals surface area (Å²) in [5.41, 5.74) is -0.841. The molecule has 0 bridgehead atoms. The molecular formula is C15H18N4O6. The van der Waals surface area contributed by atoms with E-state index in [9.17, 15) is 24.3 Å². The third kappa shape index (κ3) is 4.91. The summed E-state index contributed by atoms with van der Waals surface area (Å²) < 4.78 is 0. The van der Waals surface area contributed by atoms with Crippen molar-refractivity contribution in [1.29, 1.82) is 0 Å². The quantitative estimate of drug-likeness (QED) is 0.376. The lowest BCUT2D eigenvalue weighted by Crippen LogP contribution is -2.47. The van der Waals surface area contributed by atoms with E-state index in [0.717, 1.165) is 12.5 Å². The molecule has 0 saturated carbocycles. The van der Waals surface area contributed by atoms with Crippen LogP contribution in [0.2, 0.25) is 0 Å². The van der Waals surface area contributed by atoms with E-state index in [0.29, 0.717) is 12.1 Å². The van der Waals surface area contributed by atoms with Gasteiger partial charge in [-0.05, 0) is 24.6 Å². The Kier molecular flexibility index (Phi) is 5.22. The molecule has 134 valence electrons. The van der Waals surface area contributed by atoms with Crippen LogP contribution in [0.3, 0.4) is 0 Å². The Balaban J connectivity index is 1.85. The van der Waals surface area contributed by atoms with Gasteiger partial charge < -0.3 is 26.2 Å². The van der Waals surface area contributed by atoms with E-state index < -0.39 is 42.1 Å². The second kappa shape index (κ2) is 7.18. The number of carboxylic acids is 1. The highest BCUT2D eigenvalue weighted by Gasteiger charge is 2.30. The first-order valence-corrected chi connectivity index (χ1v) is 7.38. The molecule has 1 fully saturated rings. The van der Waals surface area contributed by atoms with E-state index in [1.807, 2.05) is 0 Å². The number of hydrogen-bond donors (Lipinski definition) is 6. The maximum atomic E-state index is 11.7. The number of aliphatic hydroxyl groups is 1. The zero-order valence-corrected chi connectivity index (χ0v) is 13.3. The monoisotopic (exact) mass is 350 g/mol. The Hall–Kier alpha value is -3.14. The molecule has 1 saturated heterocycles. The Morgan fingerprint density at radius 1 is 1.24 bits per heavy atom. The minimum atomic E-state index is -2.06. The van der Waals surface area contributed by atoms with Crippen molar-refractivity contribution in [2.45, 2.75) is 25.0 Å². The van der Waals surface area contributed by atoms with Gasteiger partial charge in [-0.15, -0.1) is 0 Å². The van der Waals surface area contributed by atoms with Crippen LogP contribution >= 0.6 is 0 Å².